The summed E-state index contributed by atoms with van der Waals surface area (Å²) in [5.74, 6) is -0.302. The molecule has 0 spiro atoms. The number of nitrogens with zero attached hydrogens (tertiary/aromatic N) is 6. The van der Waals surface area contributed by atoms with E-state index in [9.17, 15) is 36.9 Å². The highest BCUT2D eigenvalue weighted by atomic mass is 35.5. The van der Waals surface area contributed by atoms with Crippen LogP contribution in [0.25, 0.3) is 0 Å². The van der Waals surface area contributed by atoms with Crippen molar-refractivity contribution in [1.82, 2.24) is 9.97 Å². The van der Waals surface area contributed by atoms with Gasteiger partial charge in [0.2, 0.25) is 0 Å². The molecule has 0 bridgehead atoms. The van der Waals surface area contributed by atoms with Gasteiger partial charge in [-0.3, -0.25) is 0 Å². The summed E-state index contributed by atoms with van der Waals surface area (Å²) in [7, 11) is 0. The maximum absolute atomic E-state index is 13.3. The number of rotatable bonds is 6. The first-order valence-electron chi connectivity index (χ1n) is 10.3. The van der Waals surface area contributed by atoms with Crippen LogP contribution >= 0.6 is 11.6 Å². The average Bonchev–Trinajstić information content (AvgIpc) is 3.59. The summed E-state index contributed by atoms with van der Waals surface area (Å²) in [6, 6.07) is 7.12. The van der Waals surface area contributed by atoms with Crippen molar-refractivity contribution in [1.29, 1.82) is 10.5 Å². The number of aliphatic imine (C=N–C) groups is 2. The Morgan fingerprint density at radius 1 is 1.00 bits per heavy atom. The summed E-state index contributed by atoms with van der Waals surface area (Å²) in [4.78, 5) is 15.4. The number of aromatic nitrogens is 2. The molecule has 1 aliphatic heterocycles. The van der Waals surface area contributed by atoms with Gasteiger partial charge < -0.3 is 4.74 Å². The molecule has 1 saturated carbocycles. The monoisotopic (exact) mass is 526 g/mol. The first-order chi connectivity index (χ1) is 16.8. The van der Waals surface area contributed by atoms with Crippen LogP contribution in [0.15, 0.2) is 34.3 Å². The molecule has 2 aromatic rings. The summed E-state index contributed by atoms with van der Waals surface area (Å²) in [5.41, 5.74) is -3.79. The van der Waals surface area contributed by atoms with Crippen molar-refractivity contribution in [3.05, 3.63) is 46.2 Å². The number of nitriles is 2. The molecule has 0 unspecified atom stereocenters. The number of halogens is 7. The second-order valence-electron chi connectivity index (χ2n) is 8.06. The molecule has 1 aliphatic carbocycles. The molecule has 36 heavy (non-hydrogen) atoms. The van der Waals surface area contributed by atoms with Crippen LogP contribution < -0.4 is 4.74 Å². The van der Waals surface area contributed by atoms with Gasteiger partial charge in [0.25, 0.3) is 0 Å². The lowest BCUT2D eigenvalue weighted by Crippen LogP contribution is -2.23. The highest BCUT2D eigenvalue weighted by Crippen LogP contribution is 2.44. The molecule has 0 saturated heterocycles. The van der Waals surface area contributed by atoms with Crippen LogP contribution in [0.5, 0.6) is 11.8 Å². The van der Waals surface area contributed by atoms with Gasteiger partial charge in [-0.15, -0.1) is 0 Å². The maximum atomic E-state index is 13.3. The molecule has 4 rings (SSSR count). The van der Waals surface area contributed by atoms with Gasteiger partial charge in [0.05, 0.1) is 10.7 Å². The van der Waals surface area contributed by atoms with Gasteiger partial charge >= 0.3 is 18.4 Å². The quantitative estimate of drug-likeness (QED) is 0.413. The number of benzene rings is 1. The van der Waals surface area contributed by atoms with E-state index in [1.165, 1.54) is 12.1 Å². The van der Waals surface area contributed by atoms with Crippen molar-refractivity contribution in [2.24, 2.45) is 9.98 Å². The van der Waals surface area contributed by atoms with Crippen molar-refractivity contribution in [2.75, 3.05) is 0 Å². The Bertz CT molecular complexity index is 1320. The largest absolute Gasteiger partial charge is 0.433 e. The fraction of sp³-hybridized carbons (Fsp3) is 0.364. The van der Waals surface area contributed by atoms with Crippen molar-refractivity contribution in [3.63, 3.8) is 0 Å². The van der Waals surface area contributed by atoms with Gasteiger partial charge in [0.15, 0.2) is 22.8 Å². The summed E-state index contributed by atoms with van der Waals surface area (Å²) in [6.45, 7) is 0. The fourth-order valence-electron chi connectivity index (χ4n) is 3.51. The molecule has 1 fully saturated rings. The van der Waals surface area contributed by atoms with Crippen molar-refractivity contribution >= 4 is 23.0 Å². The smallest absolute Gasteiger partial charge is 0.423 e. The van der Waals surface area contributed by atoms with Gasteiger partial charge in [0, 0.05) is 24.3 Å². The molecule has 186 valence electrons. The van der Waals surface area contributed by atoms with Gasteiger partial charge in [-0.2, -0.15) is 46.8 Å². The Labute approximate surface area is 204 Å². The first-order valence-corrected chi connectivity index (χ1v) is 10.7. The van der Waals surface area contributed by atoms with Crippen LogP contribution in [0.3, 0.4) is 0 Å². The van der Waals surface area contributed by atoms with Crippen molar-refractivity contribution in [2.45, 2.75) is 49.6 Å². The summed E-state index contributed by atoms with van der Waals surface area (Å²) in [6.07, 6.45) is -9.99. The number of ether oxygens (including phenoxy) is 1. The van der Waals surface area contributed by atoms with E-state index < -0.39 is 54.0 Å². The summed E-state index contributed by atoms with van der Waals surface area (Å²) in [5, 5.41) is 18.2. The molecular weight excluding hydrogens is 514 g/mol. The third-order valence-electron chi connectivity index (χ3n) is 5.39. The normalized spacial score (nSPS) is 17.1. The van der Waals surface area contributed by atoms with Crippen LogP contribution in [0.4, 0.5) is 26.3 Å². The van der Waals surface area contributed by atoms with E-state index in [2.05, 4.69) is 20.0 Å². The third-order valence-corrected chi connectivity index (χ3v) is 5.69. The van der Waals surface area contributed by atoms with Crippen LogP contribution in [0.1, 0.15) is 48.6 Å². The van der Waals surface area contributed by atoms with E-state index >= 15 is 0 Å². The molecule has 14 heteroatoms. The second-order valence-corrected chi connectivity index (χ2v) is 8.46. The van der Waals surface area contributed by atoms with Crippen molar-refractivity contribution in [3.8, 4) is 23.9 Å². The summed E-state index contributed by atoms with van der Waals surface area (Å²) >= 11 is 6.24. The van der Waals surface area contributed by atoms with E-state index in [1.807, 2.05) is 0 Å². The average molecular weight is 527 g/mol. The molecular formula is C22H13ClF6N6O. The zero-order chi connectivity index (χ0) is 26.3. The highest BCUT2D eigenvalue weighted by molar-refractivity contribution is 6.54. The molecule has 0 amide bonds. The lowest BCUT2D eigenvalue weighted by atomic mass is 9.95. The molecule has 2 heterocycles. The van der Waals surface area contributed by atoms with Crippen molar-refractivity contribution < 1.29 is 31.1 Å². The molecule has 1 aromatic carbocycles. The van der Waals surface area contributed by atoms with Gasteiger partial charge in [-0.1, -0.05) is 17.7 Å². The first kappa shape index (κ1) is 25.4. The summed E-state index contributed by atoms with van der Waals surface area (Å²) < 4.78 is 84.2. The topological polar surface area (TPSA) is 107 Å². The molecule has 1 aromatic heterocycles. The van der Waals surface area contributed by atoms with E-state index in [0.717, 1.165) is 12.1 Å². The predicted octanol–water partition coefficient (Wildman–Crippen LogP) is 6.26. The second kappa shape index (κ2) is 9.06. The van der Waals surface area contributed by atoms with Crippen LogP contribution in [0.2, 0.25) is 5.02 Å². The molecule has 2 aliphatic rings. The Morgan fingerprint density at radius 2 is 1.64 bits per heavy atom. The third kappa shape index (κ3) is 5.41. The van der Waals surface area contributed by atoms with Gasteiger partial charge in [-0.05, 0) is 31.0 Å². The van der Waals surface area contributed by atoms with Gasteiger partial charge in [-0.25, -0.2) is 9.98 Å². The van der Waals surface area contributed by atoms with E-state index in [1.54, 1.807) is 12.1 Å². The number of hydrogen-bond donors (Lipinski definition) is 0. The molecule has 0 N–H and O–H groups in total. The SMILES string of the molecule is N#CC1=NC(CCC(F)(F)F)(c2ccc(Oc3nc(C4CC4)cc(C(F)(F)F)n3)c(Cl)c2)N=C1C#N. The lowest BCUT2D eigenvalue weighted by molar-refractivity contribution is -0.141. The van der Waals surface area contributed by atoms with Crippen LogP contribution in [-0.2, 0) is 11.8 Å². The lowest BCUT2D eigenvalue weighted by Gasteiger charge is -2.24. The number of alkyl halides is 6. The Morgan fingerprint density at radius 3 is 2.14 bits per heavy atom. The minimum atomic E-state index is -4.74. The molecule has 0 atom stereocenters. The standard InChI is InChI=1S/C22H13ClF6N6O/c23-13-7-12(20(5-6-21(24,25)26)34-15(9-30)16(10-31)35-20)3-4-17(13)36-19-32-14(11-1-2-11)8-18(33-19)22(27,28)29/h3-4,7-8,11H,1-2,5-6H2. The van der Waals surface area contributed by atoms with E-state index in [-0.39, 0.29) is 27.9 Å². The van der Waals surface area contributed by atoms with Gasteiger partial charge in [0.1, 0.15) is 17.9 Å². The van der Waals surface area contributed by atoms with E-state index in [0.29, 0.717) is 12.8 Å². The number of hydrogen-bond acceptors (Lipinski definition) is 7. The van der Waals surface area contributed by atoms with Crippen LogP contribution in [-0.4, -0.2) is 27.6 Å². The van der Waals surface area contributed by atoms with Crippen LogP contribution in [0, 0.1) is 22.7 Å². The predicted molar refractivity (Wildman–Crippen MR) is 114 cm³/mol. The maximum Gasteiger partial charge on any atom is 0.433 e. The van der Waals surface area contributed by atoms with E-state index in [4.69, 9.17) is 16.3 Å². The Hall–Kier alpha value is -3.71. The Kier molecular flexibility index (Phi) is 6.39. The molecule has 7 nitrogen and oxygen atoms in total. The Balaban J connectivity index is 1.70. The minimum Gasteiger partial charge on any atom is -0.423 e. The highest BCUT2D eigenvalue weighted by Gasteiger charge is 2.42. The fourth-order valence-corrected chi connectivity index (χ4v) is 3.73. The zero-order valence-corrected chi connectivity index (χ0v) is 18.7. The zero-order valence-electron chi connectivity index (χ0n) is 18.0. The molecule has 0 radical (unpaired) electrons. The minimum absolute atomic E-state index is 0.0192.